The van der Waals surface area contributed by atoms with Crippen molar-refractivity contribution in [3.8, 4) is 0 Å². The summed E-state index contributed by atoms with van der Waals surface area (Å²) >= 11 is 5.94. The van der Waals surface area contributed by atoms with E-state index in [9.17, 15) is 19.7 Å². The molecule has 0 saturated heterocycles. The van der Waals surface area contributed by atoms with Crippen LogP contribution in [-0.2, 0) is 0 Å². The highest BCUT2D eigenvalue weighted by Gasteiger charge is 2.15. The van der Waals surface area contributed by atoms with Gasteiger partial charge in [0, 0.05) is 29.5 Å². The third-order valence-corrected chi connectivity index (χ3v) is 3.54. The predicted octanol–water partition coefficient (Wildman–Crippen LogP) is 4.03. The van der Waals surface area contributed by atoms with Gasteiger partial charge in [0.25, 0.3) is 11.6 Å². The summed E-state index contributed by atoms with van der Waals surface area (Å²) in [5, 5.41) is 18.7. The van der Waals surface area contributed by atoms with Crippen LogP contribution in [0.5, 0.6) is 0 Å². The Morgan fingerprint density at radius 2 is 1.62 bits per heavy atom. The van der Waals surface area contributed by atoms with Crippen molar-refractivity contribution in [1.82, 2.24) is 5.32 Å². The van der Waals surface area contributed by atoms with Gasteiger partial charge in [-0.05, 0) is 44.2 Å². The molecule has 0 aliphatic rings. The first-order valence-electron chi connectivity index (χ1n) is 7.69. The van der Waals surface area contributed by atoms with Gasteiger partial charge in [0.2, 0.25) is 0 Å². The van der Waals surface area contributed by atoms with Crippen molar-refractivity contribution in [2.45, 2.75) is 19.9 Å². The molecule has 2 rings (SSSR count). The monoisotopic (exact) mass is 376 g/mol. The summed E-state index contributed by atoms with van der Waals surface area (Å²) in [4.78, 5) is 34.0. The molecule has 0 aliphatic heterocycles. The molecule has 136 valence electrons. The van der Waals surface area contributed by atoms with Crippen LogP contribution in [0.3, 0.4) is 0 Å². The SMILES string of the molecule is CC(C)NC(=O)Nc1ccc(NC(=O)c2ccc([N+](=O)[O-])cc2Cl)cc1. The number of urea groups is 1. The first-order valence-corrected chi connectivity index (χ1v) is 8.07. The fourth-order valence-corrected chi connectivity index (χ4v) is 2.33. The van der Waals surface area contributed by atoms with Gasteiger partial charge >= 0.3 is 6.03 Å². The van der Waals surface area contributed by atoms with Crippen LogP contribution in [0.25, 0.3) is 0 Å². The minimum absolute atomic E-state index is 0.0136. The van der Waals surface area contributed by atoms with E-state index in [-0.39, 0.29) is 28.3 Å². The van der Waals surface area contributed by atoms with E-state index in [1.165, 1.54) is 12.1 Å². The summed E-state index contributed by atoms with van der Waals surface area (Å²) < 4.78 is 0. The lowest BCUT2D eigenvalue weighted by atomic mass is 10.2. The highest BCUT2D eigenvalue weighted by molar-refractivity contribution is 6.34. The molecule has 0 unspecified atom stereocenters. The topological polar surface area (TPSA) is 113 Å². The molecule has 0 aromatic heterocycles. The summed E-state index contributed by atoms with van der Waals surface area (Å²) in [6.45, 7) is 3.70. The minimum Gasteiger partial charge on any atom is -0.336 e. The molecule has 8 nitrogen and oxygen atoms in total. The number of hydrogen-bond donors (Lipinski definition) is 3. The summed E-state index contributed by atoms with van der Waals surface area (Å²) in [5.41, 5.74) is 0.978. The molecule has 3 N–H and O–H groups in total. The van der Waals surface area contributed by atoms with E-state index in [1.54, 1.807) is 24.3 Å². The van der Waals surface area contributed by atoms with Crippen LogP contribution in [0.2, 0.25) is 5.02 Å². The number of amides is 3. The predicted molar refractivity (Wildman–Crippen MR) is 99.8 cm³/mol. The number of nitrogens with one attached hydrogen (secondary N) is 3. The number of nitrogens with zero attached hydrogens (tertiary/aromatic N) is 1. The van der Waals surface area contributed by atoms with Gasteiger partial charge in [-0.15, -0.1) is 0 Å². The molecule has 0 atom stereocenters. The Morgan fingerprint density at radius 3 is 2.12 bits per heavy atom. The third kappa shape index (κ3) is 5.18. The molecule has 0 aliphatic carbocycles. The van der Waals surface area contributed by atoms with E-state index >= 15 is 0 Å². The molecule has 9 heteroatoms. The van der Waals surface area contributed by atoms with E-state index < -0.39 is 10.8 Å². The van der Waals surface area contributed by atoms with E-state index in [0.717, 1.165) is 6.07 Å². The van der Waals surface area contributed by atoms with Crippen LogP contribution in [-0.4, -0.2) is 22.9 Å². The highest BCUT2D eigenvalue weighted by atomic mass is 35.5. The lowest BCUT2D eigenvalue weighted by Crippen LogP contribution is -2.34. The standard InChI is InChI=1S/C17H17ClN4O4/c1-10(2)19-17(24)21-12-5-3-11(4-6-12)20-16(23)14-8-7-13(22(25)26)9-15(14)18/h3-10H,1-2H3,(H,20,23)(H2,19,21,24). The smallest absolute Gasteiger partial charge is 0.319 e. The maximum Gasteiger partial charge on any atom is 0.319 e. The Morgan fingerprint density at radius 1 is 1.04 bits per heavy atom. The van der Waals surface area contributed by atoms with Gasteiger partial charge in [0.05, 0.1) is 15.5 Å². The quantitative estimate of drug-likeness (QED) is 0.540. The van der Waals surface area contributed by atoms with Crippen molar-refractivity contribution >= 4 is 40.6 Å². The summed E-state index contributed by atoms with van der Waals surface area (Å²) in [7, 11) is 0. The molecule has 0 radical (unpaired) electrons. The molecule has 3 amide bonds. The molecule has 0 spiro atoms. The number of benzene rings is 2. The number of carbonyl (C=O) groups excluding carboxylic acids is 2. The zero-order valence-electron chi connectivity index (χ0n) is 14.1. The van der Waals surface area contributed by atoms with Crippen LogP contribution in [0.4, 0.5) is 21.9 Å². The first kappa shape index (κ1) is 19.2. The van der Waals surface area contributed by atoms with Crippen molar-refractivity contribution in [3.63, 3.8) is 0 Å². The van der Waals surface area contributed by atoms with Crippen LogP contribution < -0.4 is 16.0 Å². The van der Waals surface area contributed by atoms with Crippen LogP contribution >= 0.6 is 11.6 Å². The van der Waals surface area contributed by atoms with Crippen LogP contribution in [0, 0.1) is 10.1 Å². The zero-order chi connectivity index (χ0) is 19.3. The fourth-order valence-electron chi connectivity index (χ4n) is 2.07. The number of rotatable bonds is 5. The molecule has 0 saturated carbocycles. The number of anilines is 2. The molecule has 0 fully saturated rings. The second kappa shape index (κ2) is 8.30. The number of hydrogen-bond acceptors (Lipinski definition) is 4. The lowest BCUT2D eigenvalue weighted by molar-refractivity contribution is -0.384. The minimum atomic E-state index is -0.589. The Hall–Kier alpha value is -3.13. The van der Waals surface area contributed by atoms with E-state index in [1.807, 2.05) is 13.8 Å². The van der Waals surface area contributed by atoms with Gasteiger partial charge in [-0.1, -0.05) is 11.6 Å². The van der Waals surface area contributed by atoms with Gasteiger partial charge in [-0.3, -0.25) is 14.9 Å². The second-order valence-electron chi connectivity index (χ2n) is 5.71. The average molecular weight is 377 g/mol. The largest absolute Gasteiger partial charge is 0.336 e. The highest BCUT2D eigenvalue weighted by Crippen LogP contribution is 2.23. The molecule has 26 heavy (non-hydrogen) atoms. The van der Waals surface area contributed by atoms with Gasteiger partial charge in [-0.25, -0.2) is 4.79 Å². The van der Waals surface area contributed by atoms with Crippen LogP contribution in [0.1, 0.15) is 24.2 Å². The lowest BCUT2D eigenvalue weighted by Gasteiger charge is -2.11. The summed E-state index contributed by atoms with van der Waals surface area (Å²) in [5.74, 6) is -0.497. The van der Waals surface area contributed by atoms with E-state index in [2.05, 4.69) is 16.0 Å². The number of halogens is 1. The Balaban J connectivity index is 2.03. The second-order valence-corrected chi connectivity index (χ2v) is 6.11. The van der Waals surface area contributed by atoms with Gasteiger partial charge < -0.3 is 16.0 Å². The van der Waals surface area contributed by atoms with Gasteiger partial charge in [-0.2, -0.15) is 0 Å². The van der Waals surface area contributed by atoms with Crippen molar-refractivity contribution in [3.05, 3.63) is 63.2 Å². The molecular formula is C17H17ClN4O4. The third-order valence-electron chi connectivity index (χ3n) is 3.23. The van der Waals surface area contributed by atoms with Crippen molar-refractivity contribution < 1.29 is 14.5 Å². The van der Waals surface area contributed by atoms with Crippen molar-refractivity contribution in [2.75, 3.05) is 10.6 Å². The Kier molecular flexibility index (Phi) is 6.13. The van der Waals surface area contributed by atoms with Gasteiger partial charge in [0.1, 0.15) is 0 Å². The van der Waals surface area contributed by atoms with E-state index in [0.29, 0.717) is 11.4 Å². The Bertz CT molecular complexity index is 837. The molecule has 2 aromatic rings. The first-order chi connectivity index (χ1) is 12.3. The maximum absolute atomic E-state index is 12.3. The summed E-state index contributed by atoms with van der Waals surface area (Å²) in [6.07, 6.45) is 0. The number of carbonyl (C=O) groups is 2. The number of nitro groups is 1. The fraction of sp³-hybridized carbons (Fsp3) is 0.176. The molecule has 0 bridgehead atoms. The molecule has 0 heterocycles. The molecular weight excluding hydrogens is 360 g/mol. The van der Waals surface area contributed by atoms with Gasteiger partial charge in [0.15, 0.2) is 0 Å². The van der Waals surface area contributed by atoms with Crippen molar-refractivity contribution in [1.29, 1.82) is 0 Å². The maximum atomic E-state index is 12.3. The average Bonchev–Trinajstić information content (AvgIpc) is 2.55. The Labute approximate surface area is 154 Å². The van der Waals surface area contributed by atoms with E-state index in [4.69, 9.17) is 11.6 Å². The number of non-ortho nitro benzene ring substituents is 1. The molecule has 2 aromatic carbocycles. The van der Waals surface area contributed by atoms with Crippen molar-refractivity contribution in [2.24, 2.45) is 0 Å². The van der Waals surface area contributed by atoms with Crippen LogP contribution in [0.15, 0.2) is 42.5 Å². The zero-order valence-corrected chi connectivity index (χ0v) is 14.8. The number of nitro benzene ring substituents is 1. The summed E-state index contributed by atoms with van der Waals surface area (Å²) in [6, 6.07) is 9.80. The normalized spacial score (nSPS) is 10.3.